The van der Waals surface area contributed by atoms with Crippen LogP contribution in [-0.4, -0.2) is 41.8 Å². The number of likely N-dealkylation sites (tertiary alicyclic amines) is 1. The van der Waals surface area contributed by atoms with Crippen LogP contribution in [0.1, 0.15) is 40.0 Å². The van der Waals surface area contributed by atoms with Crippen LogP contribution in [0.5, 0.6) is 0 Å². The van der Waals surface area contributed by atoms with Crippen molar-refractivity contribution in [1.29, 1.82) is 5.26 Å². The van der Waals surface area contributed by atoms with Crippen LogP contribution in [0.15, 0.2) is 0 Å². The number of amides is 1. The van der Waals surface area contributed by atoms with Gasteiger partial charge >= 0.3 is 12.1 Å². The summed E-state index contributed by atoms with van der Waals surface area (Å²) in [6.07, 6.45) is 0.818. The van der Waals surface area contributed by atoms with Crippen molar-refractivity contribution in [3.8, 4) is 6.07 Å². The second kappa shape index (κ2) is 7.30. The maximum Gasteiger partial charge on any atom is 0.407 e. The van der Waals surface area contributed by atoms with Gasteiger partial charge in [0.1, 0.15) is 5.92 Å². The van der Waals surface area contributed by atoms with Crippen molar-refractivity contribution in [2.24, 2.45) is 17.3 Å². The summed E-state index contributed by atoms with van der Waals surface area (Å²) >= 11 is 0. The highest BCUT2D eigenvalue weighted by atomic mass is 16.5. The molecule has 0 aromatic heterocycles. The van der Waals surface area contributed by atoms with Crippen molar-refractivity contribution in [2.75, 3.05) is 19.7 Å². The van der Waals surface area contributed by atoms with Gasteiger partial charge in [0.15, 0.2) is 0 Å². The van der Waals surface area contributed by atoms with Crippen LogP contribution in [-0.2, 0) is 9.53 Å². The average Bonchev–Trinajstić information content (AvgIpc) is 2.39. The molecule has 21 heavy (non-hydrogen) atoms. The molecule has 1 aliphatic rings. The largest absolute Gasteiger partial charge is 0.465 e. The summed E-state index contributed by atoms with van der Waals surface area (Å²) in [6, 6.07) is 2.11. The lowest BCUT2D eigenvalue weighted by molar-refractivity contribution is -0.152. The molecular weight excluding hydrogens is 272 g/mol. The molecule has 6 heteroatoms. The van der Waals surface area contributed by atoms with E-state index in [2.05, 4.69) is 6.07 Å². The van der Waals surface area contributed by atoms with Crippen LogP contribution in [0.4, 0.5) is 4.79 Å². The molecule has 1 aliphatic heterocycles. The number of hydrogen-bond donors (Lipinski definition) is 1. The smallest absolute Gasteiger partial charge is 0.407 e. The van der Waals surface area contributed by atoms with E-state index in [1.165, 1.54) is 4.90 Å². The molecule has 118 valence electrons. The Bertz CT molecular complexity index is 420. The normalized spacial score (nSPS) is 18.9. The van der Waals surface area contributed by atoms with Gasteiger partial charge in [-0.05, 0) is 32.1 Å². The van der Waals surface area contributed by atoms with Crippen LogP contribution in [0.25, 0.3) is 0 Å². The number of carbonyl (C=O) groups is 2. The average molecular weight is 296 g/mol. The topological polar surface area (TPSA) is 90.6 Å². The maximum atomic E-state index is 12.1. The molecule has 1 rings (SSSR count). The molecule has 1 unspecified atom stereocenters. The highest BCUT2D eigenvalue weighted by Crippen LogP contribution is 2.44. The van der Waals surface area contributed by atoms with Gasteiger partial charge in [-0.3, -0.25) is 4.79 Å². The molecule has 1 heterocycles. The van der Waals surface area contributed by atoms with E-state index < -0.39 is 23.4 Å². The molecule has 0 spiro atoms. The highest BCUT2D eigenvalue weighted by molar-refractivity contribution is 5.76. The monoisotopic (exact) mass is 296 g/mol. The van der Waals surface area contributed by atoms with Gasteiger partial charge in [-0.15, -0.1) is 0 Å². The number of hydrogen-bond acceptors (Lipinski definition) is 4. The van der Waals surface area contributed by atoms with E-state index in [1.807, 2.05) is 13.8 Å². The number of carbonyl (C=O) groups excluding carboxylic acids is 1. The van der Waals surface area contributed by atoms with Crippen molar-refractivity contribution in [3.05, 3.63) is 0 Å². The Hall–Kier alpha value is -1.77. The first-order valence-corrected chi connectivity index (χ1v) is 7.40. The highest BCUT2D eigenvalue weighted by Gasteiger charge is 2.47. The molecule has 1 amide bonds. The molecule has 0 bridgehead atoms. The minimum Gasteiger partial charge on any atom is -0.465 e. The van der Waals surface area contributed by atoms with E-state index in [4.69, 9.17) is 9.84 Å². The Balaban J connectivity index is 2.97. The number of ether oxygens (including phenoxy) is 1. The number of rotatable bonds is 5. The van der Waals surface area contributed by atoms with Crippen molar-refractivity contribution < 1.29 is 19.4 Å². The maximum absolute atomic E-state index is 12.1. The first-order valence-electron chi connectivity index (χ1n) is 7.40. The van der Waals surface area contributed by atoms with Gasteiger partial charge in [-0.2, -0.15) is 5.26 Å². The number of nitriles is 1. The predicted octanol–water partition coefficient (Wildman–Crippen LogP) is 2.50. The van der Waals surface area contributed by atoms with Crippen molar-refractivity contribution in [3.63, 3.8) is 0 Å². The first-order chi connectivity index (χ1) is 9.86. The summed E-state index contributed by atoms with van der Waals surface area (Å²) in [6.45, 7) is 6.78. The molecule has 0 aromatic rings. The summed E-state index contributed by atoms with van der Waals surface area (Å²) in [7, 11) is 0. The molecular formula is C15H24N2O4. The third kappa shape index (κ3) is 4.10. The van der Waals surface area contributed by atoms with E-state index in [-0.39, 0.29) is 6.61 Å². The van der Waals surface area contributed by atoms with Crippen LogP contribution >= 0.6 is 0 Å². The molecule has 1 fully saturated rings. The molecule has 1 N–H and O–H groups in total. The zero-order valence-corrected chi connectivity index (χ0v) is 13.0. The fraction of sp³-hybridized carbons (Fsp3) is 0.800. The number of nitrogens with zero attached hydrogens (tertiary/aromatic N) is 2. The molecule has 0 aliphatic carbocycles. The third-order valence-electron chi connectivity index (χ3n) is 4.11. The standard InChI is InChI=1S/C15H24N2O4/c1-4-21-13(18)12(10-16)15(9-11(2)3)5-7-17(8-6-15)14(19)20/h11-12H,4-9H2,1-3H3,(H,19,20). The lowest BCUT2D eigenvalue weighted by Gasteiger charge is -2.43. The Morgan fingerprint density at radius 1 is 1.38 bits per heavy atom. The number of esters is 1. The van der Waals surface area contributed by atoms with E-state index in [0.717, 1.165) is 6.42 Å². The van der Waals surface area contributed by atoms with Gasteiger partial charge < -0.3 is 14.7 Å². The Morgan fingerprint density at radius 2 is 1.95 bits per heavy atom. The minimum absolute atomic E-state index is 0.246. The van der Waals surface area contributed by atoms with E-state index in [0.29, 0.717) is 31.8 Å². The Morgan fingerprint density at radius 3 is 2.33 bits per heavy atom. The van der Waals surface area contributed by atoms with Crippen LogP contribution < -0.4 is 0 Å². The van der Waals surface area contributed by atoms with Gasteiger partial charge in [-0.1, -0.05) is 13.8 Å². The van der Waals surface area contributed by atoms with E-state index in [9.17, 15) is 14.9 Å². The summed E-state index contributed by atoms with van der Waals surface area (Å²) in [5.41, 5.74) is -0.485. The summed E-state index contributed by atoms with van der Waals surface area (Å²) in [4.78, 5) is 24.5. The van der Waals surface area contributed by atoms with Crippen LogP contribution in [0.3, 0.4) is 0 Å². The second-order valence-corrected chi connectivity index (χ2v) is 6.04. The van der Waals surface area contributed by atoms with E-state index >= 15 is 0 Å². The molecule has 0 radical (unpaired) electrons. The first kappa shape index (κ1) is 17.3. The predicted molar refractivity (Wildman–Crippen MR) is 76.5 cm³/mol. The SMILES string of the molecule is CCOC(=O)C(C#N)C1(CC(C)C)CCN(C(=O)O)CC1. The summed E-state index contributed by atoms with van der Waals surface area (Å²) < 4.78 is 5.04. The Kier molecular flexibility index (Phi) is 6.01. The van der Waals surface area contributed by atoms with Crippen molar-refractivity contribution in [2.45, 2.75) is 40.0 Å². The van der Waals surface area contributed by atoms with Gasteiger partial charge in [0, 0.05) is 18.5 Å². The number of piperidine rings is 1. The zero-order chi connectivity index (χ0) is 16.0. The lowest BCUT2D eigenvalue weighted by Crippen LogP contribution is -2.48. The fourth-order valence-corrected chi connectivity index (χ4v) is 3.23. The molecule has 6 nitrogen and oxygen atoms in total. The zero-order valence-electron chi connectivity index (χ0n) is 13.0. The van der Waals surface area contributed by atoms with Crippen LogP contribution in [0.2, 0.25) is 0 Å². The van der Waals surface area contributed by atoms with Gasteiger partial charge in [0.2, 0.25) is 0 Å². The second-order valence-electron chi connectivity index (χ2n) is 6.04. The molecule has 1 atom stereocenters. The lowest BCUT2D eigenvalue weighted by atomic mass is 9.65. The molecule has 0 aromatic carbocycles. The quantitative estimate of drug-likeness (QED) is 0.787. The fourth-order valence-electron chi connectivity index (χ4n) is 3.23. The third-order valence-corrected chi connectivity index (χ3v) is 4.11. The molecule has 0 saturated carbocycles. The van der Waals surface area contributed by atoms with Crippen molar-refractivity contribution >= 4 is 12.1 Å². The van der Waals surface area contributed by atoms with Crippen molar-refractivity contribution in [1.82, 2.24) is 4.90 Å². The summed E-state index contributed by atoms with van der Waals surface area (Å²) in [5.74, 6) is -0.980. The Labute approximate surface area is 125 Å². The van der Waals surface area contributed by atoms with Gasteiger partial charge in [0.05, 0.1) is 12.7 Å². The summed E-state index contributed by atoms with van der Waals surface area (Å²) in [5, 5.41) is 18.5. The minimum atomic E-state index is -0.946. The number of carboxylic acid groups (broad SMARTS) is 1. The van der Waals surface area contributed by atoms with Gasteiger partial charge in [-0.25, -0.2) is 4.79 Å². The van der Waals surface area contributed by atoms with E-state index in [1.54, 1.807) is 6.92 Å². The van der Waals surface area contributed by atoms with Gasteiger partial charge in [0.25, 0.3) is 0 Å². The molecule has 1 saturated heterocycles. The van der Waals surface area contributed by atoms with Crippen LogP contribution in [0, 0.1) is 28.6 Å².